The van der Waals surface area contributed by atoms with Crippen molar-refractivity contribution >= 4 is 0 Å². The number of ether oxygens (including phenoxy) is 1. The molecule has 1 fully saturated rings. The van der Waals surface area contributed by atoms with Crippen molar-refractivity contribution in [3.63, 3.8) is 0 Å². The summed E-state index contributed by atoms with van der Waals surface area (Å²) in [6.07, 6.45) is 7.99. The molecule has 2 rings (SSSR count). The molecule has 1 aliphatic carbocycles. The minimum atomic E-state index is -0.0936. The van der Waals surface area contributed by atoms with Crippen molar-refractivity contribution in [2.24, 2.45) is 5.73 Å². The van der Waals surface area contributed by atoms with Gasteiger partial charge in [0.1, 0.15) is 12.3 Å². The molecule has 3 atom stereocenters. The van der Waals surface area contributed by atoms with E-state index in [4.69, 9.17) is 10.5 Å². The van der Waals surface area contributed by atoms with E-state index in [9.17, 15) is 0 Å². The van der Waals surface area contributed by atoms with Crippen molar-refractivity contribution in [2.75, 3.05) is 7.05 Å². The molecule has 0 saturated carbocycles. The molecule has 80 valence electrons. The maximum Gasteiger partial charge on any atom is 0.134 e. The van der Waals surface area contributed by atoms with Crippen LogP contribution >= 0.6 is 0 Å². The molecule has 3 N–H and O–H groups in total. The SMILES string of the molecule is CNC(CC1=CC#CCC=C1)[C@H]1OC1N. The number of hydrogen-bond donors (Lipinski definition) is 2. The third kappa shape index (κ3) is 2.69. The van der Waals surface area contributed by atoms with Crippen molar-refractivity contribution in [3.05, 3.63) is 23.8 Å². The zero-order valence-corrected chi connectivity index (χ0v) is 8.86. The first kappa shape index (κ1) is 10.4. The summed E-state index contributed by atoms with van der Waals surface area (Å²) in [7, 11) is 1.94. The molecule has 3 nitrogen and oxygen atoms in total. The number of allylic oxidation sites excluding steroid dienone is 3. The predicted octanol–water partition coefficient (Wildman–Crippen LogP) is 0.538. The van der Waals surface area contributed by atoms with Gasteiger partial charge >= 0.3 is 0 Å². The Morgan fingerprint density at radius 3 is 3.20 bits per heavy atom. The summed E-state index contributed by atoms with van der Waals surface area (Å²) in [5.41, 5.74) is 6.89. The van der Waals surface area contributed by atoms with Crippen LogP contribution < -0.4 is 11.1 Å². The average molecular weight is 204 g/mol. The number of hydrogen-bond acceptors (Lipinski definition) is 3. The predicted molar refractivity (Wildman–Crippen MR) is 59.9 cm³/mol. The van der Waals surface area contributed by atoms with Crippen LogP contribution in [0.25, 0.3) is 0 Å². The van der Waals surface area contributed by atoms with Gasteiger partial charge in [-0.25, -0.2) is 0 Å². The largest absolute Gasteiger partial charge is 0.352 e. The fourth-order valence-corrected chi connectivity index (χ4v) is 1.74. The second-order valence-corrected chi connectivity index (χ2v) is 3.81. The first-order valence-electron chi connectivity index (χ1n) is 5.23. The van der Waals surface area contributed by atoms with E-state index < -0.39 is 0 Å². The molecular weight excluding hydrogens is 188 g/mol. The Morgan fingerprint density at radius 2 is 2.53 bits per heavy atom. The van der Waals surface area contributed by atoms with Crippen LogP contribution in [0, 0.1) is 11.8 Å². The van der Waals surface area contributed by atoms with E-state index in [1.807, 2.05) is 13.1 Å². The molecular formula is C12H16N2O. The van der Waals surface area contributed by atoms with E-state index in [0.29, 0.717) is 0 Å². The highest BCUT2D eigenvalue weighted by Gasteiger charge is 2.41. The molecule has 3 heteroatoms. The van der Waals surface area contributed by atoms with Gasteiger partial charge in [0.2, 0.25) is 0 Å². The highest BCUT2D eigenvalue weighted by molar-refractivity contribution is 5.33. The van der Waals surface area contributed by atoms with E-state index in [1.165, 1.54) is 5.57 Å². The van der Waals surface area contributed by atoms with Gasteiger partial charge in [0.15, 0.2) is 0 Å². The average Bonchev–Trinajstić information content (AvgIpc) is 2.98. The first-order valence-corrected chi connectivity index (χ1v) is 5.23. The molecule has 15 heavy (non-hydrogen) atoms. The number of nitrogens with one attached hydrogen (secondary N) is 1. The molecule has 2 unspecified atom stereocenters. The summed E-state index contributed by atoms with van der Waals surface area (Å²) in [6, 6.07) is 0.288. The molecule has 0 aromatic rings. The topological polar surface area (TPSA) is 50.6 Å². The van der Waals surface area contributed by atoms with Crippen LogP contribution in [0.5, 0.6) is 0 Å². The summed E-state index contributed by atoms with van der Waals surface area (Å²) in [6.45, 7) is 0. The van der Waals surface area contributed by atoms with E-state index in [1.54, 1.807) is 0 Å². The van der Waals surface area contributed by atoms with Crippen LogP contribution in [0.1, 0.15) is 12.8 Å². The molecule has 1 saturated heterocycles. The van der Waals surface area contributed by atoms with Crippen LogP contribution in [0.15, 0.2) is 23.8 Å². The zero-order valence-electron chi connectivity index (χ0n) is 8.86. The molecule has 1 heterocycles. The smallest absolute Gasteiger partial charge is 0.134 e. The molecule has 0 bridgehead atoms. The highest BCUT2D eigenvalue weighted by atomic mass is 16.6. The van der Waals surface area contributed by atoms with Crippen LogP contribution in [0.3, 0.4) is 0 Å². The van der Waals surface area contributed by atoms with E-state index in [0.717, 1.165) is 12.8 Å². The molecule has 2 aliphatic rings. The summed E-state index contributed by atoms with van der Waals surface area (Å²) >= 11 is 0. The van der Waals surface area contributed by atoms with Gasteiger partial charge < -0.3 is 15.8 Å². The lowest BCUT2D eigenvalue weighted by Gasteiger charge is -2.13. The highest BCUT2D eigenvalue weighted by Crippen LogP contribution is 2.25. The third-order valence-electron chi connectivity index (χ3n) is 2.70. The van der Waals surface area contributed by atoms with Gasteiger partial charge in [0, 0.05) is 12.5 Å². The Morgan fingerprint density at radius 1 is 1.73 bits per heavy atom. The molecule has 0 radical (unpaired) electrons. The van der Waals surface area contributed by atoms with Gasteiger partial charge in [0.05, 0.1) is 0 Å². The number of epoxide rings is 1. The zero-order chi connectivity index (χ0) is 10.7. The number of nitrogens with two attached hydrogens (primary N) is 1. The summed E-state index contributed by atoms with van der Waals surface area (Å²) in [5, 5.41) is 3.23. The second kappa shape index (κ2) is 4.63. The van der Waals surface area contributed by atoms with Gasteiger partial charge in [0.25, 0.3) is 0 Å². The van der Waals surface area contributed by atoms with E-state index in [2.05, 4.69) is 29.3 Å². The van der Waals surface area contributed by atoms with Gasteiger partial charge in [-0.15, -0.1) is 0 Å². The fraction of sp³-hybridized carbons (Fsp3) is 0.500. The Hall–Kier alpha value is -1.08. The van der Waals surface area contributed by atoms with E-state index >= 15 is 0 Å². The normalized spacial score (nSPS) is 29.9. The van der Waals surface area contributed by atoms with Crippen molar-refractivity contribution in [2.45, 2.75) is 31.2 Å². The Labute approximate surface area is 90.4 Å². The van der Waals surface area contributed by atoms with Gasteiger partial charge in [-0.2, -0.15) is 0 Å². The molecule has 1 aliphatic heterocycles. The van der Waals surface area contributed by atoms with E-state index in [-0.39, 0.29) is 18.4 Å². The van der Waals surface area contributed by atoms with Crippen molar-refractivity contribution in [3.8, 4) is 11.8 Å². The molecule has 0 aromatic heterocycles. The van der Waals surface area contributed by atoms with Crippen molar-refractivity contribution in [1.29, 1.82) is 0 Å². The van der Waals surface area contributed by atoms with Crippen LogP contribution in [-0.2, 0) is 4.74 Å². The maximum absolute atomic E-state index is 5.65. The Kier molecular flexibility index (Phi) is 3.22. The summed E-state index contributed by atoms with van der Waals surface area (Å²) in [4.78, 5) is 0. The minimum absolute atomic E-state index is 0.0936. The van der Waals surface area contributed by atoms with Gasteiger partial charge in [-0.05, 0) is 25.1 Å². The Balaban J connectivity index is 1.95. The lowest BCUT2D eigenvalue weighted by atomic mass is 10.0. The quantitative estimate of drug-likeness (QED) is 0.519. The number of rotatable bonds is 4. The van der Waals surface area contributed by atoms with Crippen molar-refractivity contribution < 1.29 is 4.74 Å². The number of likely N-dealkylation sites (N-methyl/N-ethyl adjacent to an activating group) is 1. The standard InChI is InChI=1S/C12H16N2O/c1-14-10(11-12(13)15-11)8-9-6-4-2-3-5-7-9/h4,6-7,10-12,14H,2,8,13H2,1H3/t10?,11-,12?/m1/s1. The summed E-state index contributed by atoms with van der Waals surface area (Å²) in [5.74, 6) is 6.06. The Bertz CT molecular complexity index is 348. The molecule has 0 amide bonds. The van der Waals surface area contributed by atoms with Crippen LogP contribution in [-0.4, -0.2) is 25.4 Å². The second-order valence-electron chi connectivity index (χ2n) is 3.81. The van der Waals surface area contributed by atoms with Crippen LogP contribution in [0.2, 0.25) is 0 Å². The lowest BCUT2D eigenvalue weighted by molar-refractivity contribution is 0.333. The van der Waals surface area contributed by atoms with Gasteiger partial charge in [-0.3, -0.25) is 0 Å². The lowest BCUT2D eigenvalue weighted by Crippen LogP contribution is -2.33. The third-order valence-corrected chi connectivity index (χ3v) is 2.70. The first-order chi connectivity index (χ1) is 7.31. The monoisotopic (exact) mass is 204 g/mol. The fourth-order valence-electron chi connectivity index (χ4n) is 1.74. The molecule has 0 spiro atoms. The van der Waals surface area contributed by atoms with Crippen LogP contribution in [0.4, 0.5) is 0 Å². The minimum Gasteiger partial charge on any atom is -0.352 e. The van der Waals surface area contributed by atoms with Crippen molar-refractivity contribution in [1.82, 2.24) is 5.32 Å². The summed E-state index contributed by atoms with van der Waals surface area (Å²) < 4.78 is 5.27. The van der Waals surface area contributed by atoms with Gasteiger partial charge in [-0.1, -0.05) is 24.0 Å². The molecule has 0 aromatic carbocycles. The maximum atomic E-state index is 5.65.